The van der Waals surface area contributed by atoms with Crippen molar-refractivity contribution < 1.29 is 8.42 Å². The van der Waals surface area contributed by atoms with Crippen LogP contribution in [0.15, 0.2) is 29.4 Å². The monoisotopic (exact) mass is 323 g/mol. The highest BCUT2D eigenvalue weighted by Crippen LogP contribution is 2.33. The molecule has 2 fully saturated rings. The van der Waals surface area contributed by atoms with Crippen LogP contribution >= 0.6 is 0 Å². The van der Waals surface area contributed by atoms with Gasteiger partial charge < -0.3 is 0 Å². The van der Waals surface area contributed by atoms with Gasteiger partial charge >= 0.3 is 0 Å². The highest BCUT2D eigenvalue weighted by molar-refractivity contribution is 7.89. The lowest BCUT2D eigenvalue weighted by Gasteiger charge is -2.26. The van der Waals surface area contributed by atoms with Crippen LogP contribution in [0.4, 0.5) is 0 Å². The molecule has 2 atom stereocenters. The summed E-state index contributed by atoms with van der Waals surface area (Å²) in [6.07, 6.45) is 6.47. The normalized spacial score (nSPS) is 27.8. The molecule has 1 aromatic rings. The van der Waals surface area contributed by atoms with E-state index < -0.39 is 10.0 Å². The summed E-state index contributed by atoms with van der Waals surface area (Å²) in [6.45, 7) is 7.05. The summed E-state index contributed by atoms with van der Waals surface area (Å²) in [4.78, 5) is 6.75. The molecule has 22 heavy (non-hydrogen) atoms. The van der Waals surface area contributed by atoms with Gasteiger partial charge in [0.2, 0.25) is 10.0 Å². The van der Waals surface area contributed by atoms with Gasteiger partial charge in [0.15, 0.2) is 0 Å². The Hall–Kier alpha value is -0.980. The molecule has 122 valence electrons. The van der Waals surface area contributed by atoms with Gasteiger partial charge in [0.05, 0.1) is 0 Å². The first-order valence-corrected chi connectivity index (χ1v) is 9.60. The molecule has 0 aromatic carbocycles. The van der Waals surface area contributed by atoms with E-state index in [-0.39, 0.29) is 6.04 Å². The van der Waals surface area contributed by atoms with E-state index in [0.717, 1.165) is 19.5 Å². The molecule has 0 saturated carbocycles. The second-order valence-corrected chi connectivity index (χ2v) is 8.60. The molecule has 0 radical (unpaired) electrons. The van der Waals surface area contributed by atoms with Crippen LogP contribution in [0.2, 0.25) is 0 Å². The van der Waals surface area contributed by atoms with E-state index in [1.54, 1.807) is 22.6 Å². The molecule has 2 aliphatic rings. The van der Waals surface area contributed by atoms with Crippen molar-refractivity contribution in [3.8, 4) is 0 Å². The molecule has 3 rings (SSSR count). The lowest BCUT2D eigenvalue weighted by atomic mass is 10.0. The van der Waals surface area contributed by atoms with Crippen molar-refractivity contribution in [1.29, 1.82) is 0 Å². The zero-order chi connectivity index (χ0) is 15.7. The largest absolute Gasteiger partial charge is 0.299 e. The summed E-state index contributed by atoms with van der Waals surface area (Å²) in [6, 6.07) is 3.77. The number of hydrogen-bond acceptors (Lipinski definition) is 4. The van der Waals surface area contributed by atoms with Crippen LogP contribution < -0.4 is 0 Å². The number of aromatic nitrogens is 1. The van der Waals surface area contributed by atoms with Crippen LogP contribution in [0.3, 0.4) is 0 Å². The van der Waals surface area contributed by atoms with Crippen LogP contribution in [-0.4, -0.2) is 54.3 Å². The van der Waals surface area contributed by atoms with Crippen LogP contribution in [0.25, 0.3) is 0 Å². The Balaban J connectivity index is 1.87. The van der Waals surface area contributed by atoms with Crippen LogP contribution in [0, 0.1) is 5.92 Å². The molecule has 0 aliphatic carbocycles. The third-order valence-corrected chi connectivity index (χ3v) is 6.82. The van der Waals surface area contributed by atoms with Gasteiger partial charge in [-0.2, -0.15) is 4.31 Å². The van der Waals surface area contributed by atoms with E-state index in [4.69, 9.17) is 0 Å². The fourth-order valence-electron chi connectivity index (χ4n) is 3.70. The standard InChI is InChI=1S/C16H25N3O2S/c1-13(2)16-10-14(18-8-3-4-9-18)12-19(16)22(20,21)15-6-5-7-17-11-15/h5-7,11,13-14,16H,3-4,8-10,12H2,1-2H3. The average molecular weight is 323 g/mol. The Morgan fingerprint density at radius 2 is 2.00 bits per heavy atom. The van der Waals surface area contributed by atoms with E-state index in [0.29, 0.717) is 23.4 Å². The molecular formula is C16H25N3O2S. The lowest BCUT2D eigenvalue weighted by Crippen LogP contribution is -2.40. The van der Waals surface area contributed by atoms with Gasteiger partial charge in [-0.25, -0.2) is 8.42 Å². The third-order valence-electron chi connectivity index (χ3n) is 4.94. The predicted octanol–water partition coefficient (Wildman–Crippen LogP) is 1.97. The number of likely N-dealkylation sites (tertiary alicyclic amines) is 1. The van der Waals surface area contributed by atoms with E-state index in [1.807, 2.05) is 0 Å². The van der Waals surface area contributed by atoms with Gasteiger partial charge in [-0.05, 0) is 50.4 Å². The van der Waals surface area contributed by atoms with Crippen LogP contribution in [0.1, 0.15) is 33.1 Å². The average Bonchev–Trinajstić information content (AvgIpc) is 3.17. The topological polar surface area (TPSA) is 53.5 Å². The van der Waals surface area contributed by atoms with Gasteiger partial charge in [-0.1, -0.05) is 13.8 Å². The molecule has 2 aliphatic heterocycles. The Kier molecular flexibility index (Phi) is 4.52. The van der Waals surface area contributed by atoms with Gasteiger partial charge in [0.1, 0.15) is 4.90 Å². The Morgan fingerprint density at radius 3 is 2.59 bits per heavy atom. The molecule has 0 N–H and O–H groups in total. The quantitative estimate of drug-likeness (QED) is 0.850. The number of nitrogens with zero attached hydrogens (tertiary/aromatic N) is 3. The van der Waals surface area contributed by atoms with Crippen LogP contribution in [0.5, 0.6) is 0 Å². The van der Waals surface area contributed by atoms with Gasteiger partial charge in [-0.15, -0.1) is 0 Å². The predicted molar refractivity (Wildman–Crippen MR) is 86.0 cm³/mol. The van der Waals surface area contributed by atoms with E-state index in [1.165, 1.54) is 19.0 Å². The fourth-order valence-corrected chi connectivity index (χ4v) is 5.47. The maximum Gasteiger partial charge on any atom is 0.244 e. The first-order chi connectivity index (χ1) is 10.5. The van der Waals surface area contributed by atoms with E-state index in [9.17, 15) is 8.42 Å². The summed E-state index contributed by atoms with van der Waals surface area (Å²) in [7, 11) is -3.45. The Bertz CT molecular complexity index is 597. The lowest BCUT2D eigenvalue weighted by molar-refractivity contribution is 0.250. The van der Waals surface area contributed by atoms with Gasteiger partial charge in [-0.3, -0.25) is 9.88 Å². The van der Waals surface area contributed by atoms with Crippen LogP contribution in [-0.2, 0) is 10.0 Å². The minimum atomic E-state index is -3.45. The second kappa shape index (κ2) is 6.26. The maximum absolute atomic E-state index is 13.0. The van der Waals surface area contributed by atoms with Crippen molar-refractivity contribution in [3.05, 3.63) is 24.5 Å². The zero-order valence-corrected chi connectivity index (χ0v) is 14.2. The van der Waals surface area contributed by atoms with Crippen molar-refractivity contribution >= 4 is 10.0 Å². The first-order valence-electron chi connectivity index (χ1n) is 8.16. The van der Waals surface area contributed by atoms with E-state index in [2.05, 4.69) is 23.7 Å². The first kappa shape index (κ1) is 15.9. The van der Waals surface area contributed by atoms with Crippen molar-refractivity contribution in [3.63, 3.8) is 0 Å². The molecular weight excluding hydrogens is 298 g/mol. The minimum Gasteiger partial charge on any atom is -0.299 e. The molecule has 5 nitrogen and oxygen atoms in total. The summed E-state index contributed by atoms with van der Waals surface area (Å²) in [5.74, 6) is 0.319. The van der Waals surface area contributed by atoms with Gasteiger partial charge in [0.25, 0.3) is 0 Å². The smallest absolute Gasteiger partial charge is 0.244 e. The number of hydrogen-bond donors (Lipinski definition) is 0. The molecule has 0 amide bonds. The molecule has 6 heteroatoms. The molecule has 3 heterocycles. The number of sulfonamides is 1. The summed E-state index contributed by atoms with van der Waals surface area (Å²) in [5, 5.41) is 0. The Labute approximate surface area is 133 Å². The van der Waals surface area contributed by atoms with Crippen molar-refractivity contribution in [2.75, 3.05) is 19.6 Å². The number of pyridine rings is 1. The third kappa shape index (κ3) is 2.92. The number of rotatable bonds is 4. The van der Waals surface area contributed by atoms with Crippen molar-refractivity contribution in [1.82, 2.24) is 14.2 Å². The maximum atomic E-state index is 13.0. The molecule has 2 saturated heterocycles. The summed E-state index contributed by atoms with van der Waals surface area (Å²) < 4.78 is 27.7. The SMILES string of the molecule is CC(C)C1CC(N2CCCC2)CN1S(=O)(=O)c1cccnc1. The molecule has 0 bridgehead atoms. The zero-order valence-electron chi connectivity index (χ0n) is 13.4. The van der Waals surface area contributed by atoms with Gasteiger partial charge in [0, 0.05) is 31.0 Å². The van der Waals surface area contributed by atoms with Crippen molar-refractivity contribution in [2.24, 2.45) is 5.92 Å². The van der Waals surface area contributed by atoms with E-state index >= 15 is 0 Å². The highest BCUT2D eigenvalue weighted by Gasteiger charge is 2.43. The van der Waals surface area contributed by atoms with Crippen molar-refractivity contribution in [2.45, 2.75) is 50.1 Å². The molecule has 1 aromatic heterocycles. The highest BCUT2D eigenvalue weighted by atomic mass is 32.2. The fraction of sp³-hybridized carbons (Fsp3) is 0.688. The minimum absolute atomic E-state index is 0.0795. The summed E-state index contributed by atoms with van der Waals surface area (Å²) in [5.41, 5.74) is 0. The molecule has 0 spiro atoms. The molecule has 2 unspecified atom stereocenters. The second-order valence-electron chi connectivity index (χ2n) is 6.71. The summed E-state index contributed by atoms with van der Waals surface area (Å²) >= 11 is 0. The Morgan fingerprint density at radius 1 is 1.27 bits per heavy atom.